The number of nitrogens with zero attached hydrogens (tertiary/aromatic N) is 1. The van der Waals surface area contributed by atoms with Gasteiger partial charge in [-0.1, -0.05) is 12.1 Å². The Morgan fingerprint density at radius 1 is 0.938 bits per heavy atom. The number of hydrogen-bond donors (Lipinski definition) is 0. The van der Waals surface area contributed by atoms with E-state index in [-0.39, 0.29) is 18.1 Å². The molecule has 166 valence electrons. The Morgan fingerprint density at radius 2 is 1.56 bits per heavy atom. The van der Waals surface area contributed by atoms with E-state index in [2.05, 4.69) is 0 Å². The topological polar surface area (TPSA) is 48.0 Å². The fraction of sp³-hybridized carbons (Fsp3) is 0.269. The zero-order valence-corrected chi connectivity index (χ0v) is 18.4. The van der Waals surface area contributed by atoms with Gasteiger partial charge in [-0.25, -0.2) is 4.39 Å². The Kier molecular flexibility index (Phi) is 6.30. The highest BCUT2D eigenvalue weighted by atomic mass is 19.1. The van der Waals surface area contributed by atoms with Gasteiger partial charge in [-0.3, -0.25) is 4.79 Å². The van der Waals surface area contributed by atoms with Crippen LogP contribution in [0.1, 0.15) is 36.6 Å². The molecule has 0 spiro atoms. The van der Waals surface area contributed by atoms with E-state index in [0.29, 0.717) is 30.5 Å². The number of methoxy groups -OCH3 is 1. The number of fused-ring (bicyclic) bond motifs is 1. The predicted octanol–water partition coefficient (Wildman–Crippen LogP) is 5.31. The third kappa shape index (κ3) is 4.13. The summed E-state index contributed by atoms with van der Waals surface area (Å²) in [6, 6.07) is 17.0. The average Bonchev–Trinajstić information content (AvgIpc) is 2.80. The Labute approximate surface area is 187 Å². The molecule has 1 heterocycles. The van der Waals surface area contributed by atoms with Gasteiger partial charge in [0.2, 0.25) is 5.91 Å². The zero-order chi connectivity index (χ0) is 22.7. The fourth-order valence-corrected chi connectivity index (χ4v) is 4.10. The summed E-state index contributed by atoms with van der Waals surface area (Å²) >= 11 is 0. The van der Waals surface area contributed by atoms with Crippen molar-refractivity contribution in [2.75, 3.05) is 25.2 Å². The molecule has 0 N–H and O–H groups in total. The molecule has 1 aliphatic heterocycles. The van der Waals surface area contributed by atoms with Crippen LogP contribution in [-0.2, 0) is 11.2 Å². The molecule has 0 aromatic heterocycles. The van der Waals surface area contributed by atoms with Crippen LogP contribution >= 0.6 is 0 Å². The number of hydrogen-bond acceptors (Lipinski definition) is 4. The SMILES string of the molecule is CCOc1cc2c(cc1OCC)[C@@H](c1ccc(F)cc1)N(c1ccc(OC)cc1)C(=O)C2. The Hall–Kier alpha value is -3.54. The van der Waals surface area contributed by atoms with Crippen LogP contribution in [0.5, 0.6) is 17.2 Å². The highest BCUT2D eigenvalue weighted by Gasteiger charge is 2.36. The van der Waals surface area contributed by atoms with E-state index in [0.717, 1.165) is 22.4 Å². The molecule has 4 rings (SSSR count). The lowest BCUT2D eigenvalue weighted by atomic mass is 9.86. The van der Waals surface area contributed by atoms with Crippen LogP contribution in [0.15, 0.2) is 60.7 Å². The first kappa shape index (κ1) is 21.7. The van der Waals surface area contributed by atoms with Gasteiger partial charge in [0.25, 0.3) is 0 Å². The number of halogens is 1. The number of anilines is 1. The Morgan fingerprint density at radius 3 is 2.16 bits per heavy atom. The first-order valence-corrected chi connectivity index (χ1v) is 10.7. The standard InChI is InChI=1S/C26H26FNO4/c1-4-31-23-14-18-15-25(29)28(20-10-12-21(30-3)13-11-20)26(17-6-8-19(27)9-7-17)22(18)16-24(23)32-5-2/h6-14,16,26H,4-5,15H2,1-3H3/t26-/m1/s1. The summed E-state index contributed by atoms with van der Waals surface area (Å²) in [6.45, 7) is 4.81. The molecule has 6 heteroatoms. The number of benzene rings is 3. The molecular formula is C26H26FNO4. The van der Waals surface area contributed by atoms with Crippen molar-refractivity contribution in [3.8, 4) is 17.2 Å². The molecule has 0 saturated carbocycles. The van der Waals surface area contributed by atoms with Crippen LogP contribution in [-0.4, -0.2) is 26.2 Å². The third-order valence-electron chi connectivity index (χ3n) is 5.50. The largest absolute Gasteiger partial charge is 0.497 e. The van der Waals surface area contributed by atoms with Crippen LogP contribution in [0, 0.1) is 5.82 Å². The smallest absolute Gasteiger partial charge is 0.232 e. The van der Waals surface area contributed by atoms with E-state index >= 15 is 0 Å². The molecule has 32 heavy (non-hydrogen) atoms. The lowest BCUT2D eigenvalue weighted by Gasteiger charge is -2.38. The van der Waals surface area contributed by atoms with E-state index in [4.69, 9.17) is 14.2 Å². The molecule has 0 saturated heterocycles. The summed E-state index contributed by atoms with van der Waals surface area (Å²) in [5.74, 6) is 1.58. The van der Waals surface area contributed by atoms with Crippen molar-refractivity contribution in [2.24, 2.45) is 0 Å². The fourth-order valence-electron chi connectivity index (χ4n) is 4.10. The average molecular weight is 435 g/mol. The van der Waals surface area contributed by atoms with Gasteiger partial charge in [0.05, 0.1) is 32.8 Å². The molecule has 1 amide bonds. The summed E-state index contributed by atoms with van der Waals surface area (Å²) in [5, 5.41) is 0. The van der Waals surface area contributed by atoms with Gasteiger partial charge in [0, 0.05) is 5.69 Å². The summed E-state index contributed by atoms with van der Waals surface area (Å²) in [5.41, 5.74) is 3.35. The van der Waals surface area contributed by atoms with Crippen LogP contribution < -0.4 is 19.1 Å². The first-order chi connectivity index (χ1) is 15.5. The highest BCUT2D eigenvalue weighted by Crippen LogP contribution is 2.43. The van der Waals surface area contributed by atoms with Crippen molar-refractivity contribution in [3.05, 3.63) is 83.2 Å². The Bertz CT molecular complexity index is 1100. The Balaban J connectivity index is 1.89. The van der Waals surface area contributed by atoms with Crippen molar-refractivity contribution in [1.82, 2.24) is 0 Å². The number of rotatable bonds is 7. The number of carbonyl (C=O) groups excluding carboxylic acids is 1. The molecule has 0 aliphatic carbocycles. The number of amides is 1. The van der Waals surface area contributed by atoms with Gasteiger partial charge >= 0.3 is 0 Å². The normalized spacial score (nSPS) is 15.3. The summed E-state index contributed by atoms with van der Waals surface area (Å²) < 4.78 is 30.6. The molecule has 1 atom stereocenters. The maximum atomic E-state index is 13.7. The second-order valence-corrected chi connectivity index (χ2v) is 7.46. The molecule has 1 aliphatic rings. The molecule has 0 radical (unpaired) electrons. The van der Waals surface area contributed by atoms with Crippen molar-refractivity contribution in [2.45, 2.75) is 26.3 Å². The van der Waals surface area contributed by atoms with Gasteiger partial charge in [-0.05, 0) is 79.1 Å². The monoisotopic (exact) mass is 435 g/mol. The lowest BCUT2D eigenvalue weighted by Crippen LogP contribution is -2.41. The minimum Gasteiger partial charge on any atom is -0.497 e. The summed E-state index contributed by atoms with van der Waals surface area (Å²) in [4.78, 5) is 15.1. The molecule has 3 aromatic rings. The van der Waals surface area contributed by atoms with Crippen LogP contribution in [0.25, 0.3) is 0 Å². The minimum absolute atomic E-state index is 0.0522. The van der Waals surface area contributed by atoms with E-state index in [1.54, 1.807) is 24.1 Å². The van der Waals surface area contributed by atoms with Gasteiger partial charge < -0.3 is 19.1 Å². The first-order valence-electron chi connectivity index (χ1n) is 10.7. The summed E-state index contributed by atoms with van der Waals surface area (Å²) in [7, 11) is 1.60. The van der Waals surface area contributed by atoms with E-state index in [9.17, 15) is 9.18 Å². The van der Waals surface area contributed by atoms with E-state index < -0.39 is 6.04 Å². The highest BCUT2D eigenvalue weighted by molar-refractivity contribution is 5.98. The van der Waals surface area contributed by atoms with Crippen molar-refractivity contribution >= 4 is 11.6 Å². The maximum absolute atomic E-state index is 13.7. The second kappa shape index (κ2) is 9.30. The maximum Gasteiger partial charge on any atom is 0.232 e. The van der Waals surface area contributed by atoms with E-state index in [1.165, 1.54) is 12.1 Å². The molecule has 0 bridgehead atoms. The molecule has 3 aromatic carbocycles. The summed E-state index contributed by atoms with van der Waals surface area (Å²) in [6.07, 6.45) is 0.228. The van der Waals surface area contributed by atoms with Crippen LogP contribution in [0.4, 0.5) is 10.1 Å². The lowest BCUT2D eigenvalue weighted by molar-refractivity contribution is -0.118. The van der Waals surface area contributed by atoms with Gasteiger partial charge in [0.15, 0.2) is 11.5 Å². The quantitative estimate of drug-likeness (QED) is 0.505. The van der Waals surface area contributed by atoms with Crippen molar-refractivity contribution in [3.63, 3.8) is 0 Å². The molecule has 0 unspecified atom stereocenters. The third-order valence-corrected chi connectivity index (χ3v) is 5.50. The van der Waals surface area contributed by atoms with Crippen molar-refractivity contribution < 1.29 is 23.4 Å². The molecule has 5 nitrogen and oxygen atoms in total. The van der Waals surface area contributed by atoms with Gasteiger partial charge in [0.1, 0.15) is 11.6 Å². The van der Waals surface area contributed by atoms with E-state index in [1.807, 2.05) is 50.2 Å². The number of ether oxygens (including phenoxy) is 3. The molecule has 0 fully saturated rings. The minimum atomic E-state index is -0.435. The number of carbonyl (C=O) groups is 1. The second-order valence-electron chi connectivity index (χ2n) is 7.46. The molecular weight excluding hydrogens is 409 g/mol. The van der Waals surface area contributed by atoms with Crippen LogP contribution in [0.2, 0.25) is 0 Å². The van der Waals surface area contributed by atoms with Gasteiger partial charge in [-0.2, -0.15) is 0 Å². The predicted molar refractivity (Wildman–Crippen MR) is 121 cm³/mol. The zero-order valence-electron chi connectivity index (χ0n) is 18.4. The van der Waals surface area contributed by atoms with Gasteiger partial charge in [-0.15, -0.1) is 0 Å². The van der Waals surface area contributed by atoms with Crippen molar-refractivity contribution in [1.29, 1.82) is 0 Å². The van der Waals surface area contributed by atoms with Crippen LogP contribution in [0.3, 0.4) is 0 Å².